The van der Waals surface area contributed by atoms with Gasteiger partial charge in [0.15, 0.2) is 0 Å². The lowest BCUT2D eigenvalue weighted by molar-refractivity contribution is -0.387. The molecule has 0 aliphatic heterocycles. The molecule has 0 aromatic heterocycles. The Morgan fingerprint density at radius 2 is 2.26 bits per heavy atom. The Bertz CT molecular complexity index is 491. The molecule has 0 bridgehead atoms. The molecule has 0 saturated heterocycles. The molecule has 0 fully saturated rings. The lowest BCUT2D eigenvalue weighted by Gasteiger charge is -2.04. The van der Waals surface area contributed by atoms with Crippen molar-refractivity contribution >= 4 is 29.6 Å². The van der Waals surface area contributed by atoms with Gasteiger partial charge in [0.05, 0.1) is 15.6 Å². The summed E-state index contributed by atoms with van der Waals surface area (Å²) in [5.74, 6) is -0.0537. The Balaban J connectivity index is 2.75. The molecular weight excluding hydrogens is 268 g/mol. The Labute approximate surface area is 114 Å². The van der Waals surface area contributed by atoms with Crippen molar-refractivity contribution in [2.75, 3.05) is 12.3 Å². The van der Waals surface area contributed by atoms with E-state index < -0.39 is 4.92 Å². The van der Waals surface area contributed by atoms with Crippen LogP contribution in [0.4, 0.5) is 5.69 Å². The van der Waals surface area contributed by atoms with Gasteiger partial charge in [-0.2, -0.15) is 0 Å². The summed E-state index contributed by atoms with van der Waals surface area (Å²) in [6.07, 6.45) is 1.39. The first kappa shape index (κ1) is 15.2. The molecule has 1 amide bonds. The van der Waals surface area contributed by atoms with Gasteiger partial charge in [-0.25, -0.2) is 0 Å². The zero-order valence-electron chi connectivity index (χ0n) is 10.4. The molecule has 0 radical (unpaired) electrons. The van der Waals surface area contributed by atoms with Crippen LogP contribution in [0.3, 0.4) is 0 Å². The maximum Gasteiger partial charge on any atom is 0.283 e. The molecule has 19 heavy (non-hydrogen) atoms. The van der Waals surface area contributed by atoms with Crippen molar-refractivity contribution in [2.24, 2.45) is 0 Å². The van der Waals surface area contributed by atoms with Crippen molar-refractivity contribution in [3.05, 3.63) is 33.9 Å². The summed E-state index contributed by atoms with van der Waals surface area (Å²) in [6, 6.07) is 4.19. The fourth-order valence-electron chi connectivity index (χ4n) is 1.33. The van der Waals surface area contributed by atoms with Crippen LogP contribution in [0.25, 0.3) is 0 Å². The number of hydrogen-bond donors (Lipinski definition) is 1. The van der Waals surface area contributed by atoms with Crippen LogP contribution in [-0.4, -0.2) is 29.4 Å². The van der Waals surface area contributed by atoms with Crippen molar-refractivity contribution in [1.29, 1.82) is 0 Å². The molecule has 1 aromatic carbocycles. The second-order valence-corrected chi connectivity index (χ2v) is 4.76. The second kappa shape index (κ2) is 7.52. The van der Waals surface area contributed by atoms with Gasteiger partial charge in [-0.15, -0.1) is 11.8 Å². The van der Waals surface area contributed by atoms with Crippen molar-refractivity contribution in [1.82, 2.24) is 5.32 Å². The Morgan fingerprint density at radius 1 is 1.53 bits per heavy atom. The van der Waals surface area contributed by atoms with Gasteiger partial charge >= 0.3 is 0 Å². The molecular formula is C12H14N2O4S. The predicted molar refractivity (Wildman–Crippen MR) is 72.5 cm³/mol. The smallest absolute Gasteiger partial charge is 0.283 e. The van der Waals surface area contributed by atoms with Crippen LogP contribution in [0.2, 0.25) is 0 Å². The maximum absolute atomic E-state index is 11.4. The van der Waals surface area contributed by atoms with E-state index in [1.54, 1.807) is 0 Å². The standard InChI is InChI=1S/C12H14N2O4S/c1-2-5-13-12(16)8-19-11-4-3-9(7-15)6-10(11)14(17)18/h3-4,6-7H,2,5,8H2,1H3,(H,13,16). The summed E-state index contributed by atoms with van der Waals surface area (Å²) >= 11 is 1.08. The number of nitrogens with one attached hydrogen (secondary N) is 1. The zero-order valence-corrected chi connectivity index (χ0v) is 11.2. The number of thioether (sulfide) groups is 1. The van der Waals surface area contributed by atoms with Crippen LogP contribution in [0, 0.1) is 10.1 Å². The number of aldehydes is 1. The van der Waals surface area contributed by atoms with Crippen molar-refractivity contribution in [3.63, 3.8) is 0 Å². The Morgan fingerprint density at radius 3 is 2.84 bits per heavy atom. The molecule has 1 N–H and O–H groups in total. The molecule has 102 valence electrons. The van der Waals surface area contributed by atoms with Gasteiger partial charge in [0.2, 0.25) is 5.91 Å². The largest absolute Gasteiger partial charge is 0.355 e. The predicted octanol–water partition coefficient (Wildman–Crippen LogP) is 2.03. The van der Waals surface area contributed by atoms with E-state index in [0.717, 1.165) is 18.2 Å². The monoisotopic (exact) mass is 282 g/mol. The fraction of sp³-hybridized carbons (Fsp3) is 0.333. The summed E-state index contributed by atoms with van der Waals surface area (Å²) in [7, 11) is 0. The molecule has 0 spiro atoms. The highest BCUT2D eigenvalue weighted by atomic mass is 32.2. The van der Waals surface area contributed by atoms with Gasteiger partial charge in [0.25, 0.3) is 5.69 Å². The zero-order chi connectivity index (χ0) is 14.3. The third-order valence-corrected chi connectivity index (χ3v) is 3.31. The van der Waals surface area contributed by atoms with Crippen LogP contribution < -0.4 is 5.32 Å². The average molecular weight is 282 g/mol. The third kappa shape index (κ3) is 4.70. The van der Waals surface area contributed by atoms with Crippen molar-refractivity contribution < 1.29 is 14.5 Å². The van der Waals surface area contributed by atoms with Gasteiger partial charge in [0, 0.05) is 18.2 Å². The molecule has 0 unspecified atom stereocenters. The van der Waals surface area contributed by atoms with Crippen molar-refractivity contribution in [3.8, 4) is 0 Å². The van der Waals surface area contributed by atoms with Crippen LogP contribution in [0.15, 0.2) is 23.1 Å². The van der Waals surface area contributed by atoms with Gasteiger partial charge in [-0.3, -0.25) is 19.7 Å². The number of carbonyl (C=O) groups excluding carboxylic acids is 2. The topological polar surface area (TPSA) is 89.3 Å². The van der Waals surface area contributed by atoms with E-state index in [4.69, 9.17) is 0 Å². The summed E-state index contributed by atoms with van der Waals surface area (Å²) < 4.78 is 0. The summed E-state index contributed by atoms with van der Waals surface area (Å²) in [4.78, 5) is 32.7. The van der Waals surface area contributed by atoms with Gasteiger partial charge < -0.3 is 5.32 Å². The van der Waals surface area contributed by atoms with Crippen LogP contribution >= 0.6 is 11.8 Å². The van der Waals surface area contributed by atoms with E-state index in [1.807, 2.05) is 6.92 Å². The van der Waals surface area contributed by atoms with E-state index >= 15 is 0 Å². The van der Waals surface area contributed by atoms with Crippen LogP contribution in [0.5, 0.6) is 0 Å². The number of carbonyl (C=O) groups is 2. The molecule has 0 aliphatic carbocycles. The third-order valence-electron chi connectivity index (χ3n) is 2.25. The number of hydrogen-bond acceptors (Lipinski definition) is 5. The first-order valence-corrected chi connectivity index (χ1v) is 6.70. The first-order chi connectivity index (χ1) is 9.08. The lowest BCUT2D eigenvalue weighted by atomic mass is 10.2. The fourth-order valence-corrected chi connectivity index (χ4v) is 2.17. The van der Waals surface area contributed by atoms with E-state index in [1.165, 1.54) is 18.2 Å². The molecule has 1 aromatic rings. The quantitative estimate of drug-likeness (QED) is 0.358. The maximum atomic E-state index is 11.4. The molecule has 1 rings (SSSR count). The minimum Gasteiger partial charge on any atom is -0.355 e. The Kier molecular flexibility index (Phi) is 6.01. The average Bonchev–Trinajstić information content (AvgIpc) is 2.42. The van der Waals surface area contributed by atoms with Gasteiger partial charge in [-0.05, 0) is 12.5 Å². The van der Waals surface area contributed by atoms with E-state index in [9.17, 15) is 19.7 Å². The number of amides is 1. The molecule has 0 atom stereocenters. The van der Waals surface area contributed by atoms with Gasteiger partial charge in [-0.1, -0.05) is 13.0 Å². The molecule has 6 nitrogen and oxygen atoms in total. The number of nitrogens with zero attached hydrogens (tertiary/aromatic N) is 1. The number of nitro benzene ring substituents is 1. The second-order valence-electron chi connectivity index (χ2n) is 3.74. The summed E-state index contributed by atoms with van der Waals surface area (Å²) in [5, 5.41) is 13.6. The first-order valence-electron chi connectivity index (χ1n) is 5.71. The van der Waals surface area contributed by atoms with E-state index in [2.05, 4.69) is 5.32 Å². The van der Waals surface area contributed by atoms with E-state index in [0.29, 0.717) is 17.7 Å². The van der Waals surface area contributed by atoms with Gasteiger partial charge in [0.1, 0.15) is 6.29 Å². The van der Waals surface area contributed by atoms with E-state index in [-0.39, 0.29) is 22.9 Å². The minimum atomic E-state index is -0.556. The van der Waals surface area contributed by atoms with Crippen LogP contribution in [-0.2, 0) is 4.79 Å². The number of benzene rings is 1. The highest BCUT2D eigenvalue weighted by Crippen LogP contribution is 2.29. The van der Waals surface area contributed by atoms with Crippen LogP contribution in [0.1, 0.15) is 23.7 Å². The summed E-state index contributed by atoms with van der Waals surface area (Å²) in [6.45, 7) is 2.53. The number of nitro groups is 1. The molecule has 0 aliphatic rings. The SMILES string of the molecule is CCCNC(=O)CSc1ccc(C=O)cc1[N+](=O)[O-]. The number of rotatable bonds is 7. The van der Waals surface area contributed by atoms with Crippen molar-refractivity contribution in [2.45, 2.75) is 18.2 Å². The summed E-state index contributed by atoms with van der Waals surface area (Å²) in [5.41, 5.74) is 0.0874. The normalized spacial score (nSPS) is 9.95. The highest BCUT2D eigenvalue weighted by Gasteiger charge is 2.16. The Hall–Kier alpha value is -1.89. The minimum absolute atomic E-state index is 0.112. The molecule has 0 heterocycles. The molecule has 0 saturated carbocycles. The molecule has 7 heteroatoms. The lowest BCUT2D eigenvalue weighted by Crippen LogP contribution is -2.25. The highest BCUT2D eigenvalue weighted by molar-refractivity contribution is 8.00.